The number of nitrogens with zero attached hydrogens (tertiary/aromatic N) is 1. The van der Waals surface area contributed by atoms with Gasteiger partial charge in [-0.2, -0.15) is 0 Å². The molecule has 0 fully saturated rings. The lowest BCUT2D eigenvalue weighted by atomic mass is 10.2. The maximum Gasteiger partial charge on any atom is 0.285 e. The predicted octanol–water partition coefficient (Wildman–Crippen LogP) is 5.50. The van der Waals surface area contributed by atoms with Crippen molar-refractivity contribution in [3.63, 3.8) is 0 Å². The van der Waals surface area contributed by atoms with E-state index in [-0.39, 0.29) is 11.1 Å². The number of hydrogen-bond donors (Lipinski definition) is 1. The molecule has 142 valence electrons. The Morgan fingerprint density at radius 1 is 0.857 bits per heavy atom. The second-order valence-corrected chi connectivity index (χ2v) is 7.18. The first-order valence-corrected chi connectivity index (χ1v) is 9.47. The molecule has 28 heavy (non-hydrogen) atoms. The summed E-state index contributed by atoms with van der Waals surface area (Å²) in [6, 6.07) is 23.5. The van der Waals surface area contributed by atoms with Gasteiger partial charge in [0, 0.05) is 24.7 Å². The van der Waals surface area contributed by atoms with Gasteiger partial charge >= 0.3 is 0 Å². The van der Waals surface area contributed by atoms with Crippen LogP contribution in [0.25, 0.3) is 0 Å². The second kappa shape index (κ2) is 9.10. The van der Waals surface area contributed by atoms with Gasteiger partial charge in [0.2, 0.25) is 0 Å². The number of benzene rings is 3. The number of thioether (sulfide) groups is 1. The monoisotopic (exact) mass is 392 g/mol. The van der Waals surface area contributed by atoms with Crippen LogP contribution in [0.15, 0.2) is 83.8 Å². The molecule has 6 heteroatoms. The Morgan fingerprint density at radius 2 is 1.50 bits per heavy atom. The zero-order valence-electron chi connectivity index (χ0n) is 15.6. The lowest BCUT2D eigenvalue weighted by Crippen LogP contribution is -2.16. The molecule has 0 radical (unpaired) electrons. The van der Waals surface area contributed by atoms with E-state index < -0.39 is 0 Å². The van der Waals surface area contributed by atoms with Crippen LogP contribution >= 0.6 is 11.8 Å². The van der Waals surface area contributed by atoms with Gasteiger partial charge in [-0.05, 0) is 60.3 Å². The molecule has 0 heterocycles. The molecule has 0 aliphatic heterocycles. The molecular weight excluding hydrogens is 372 g/mol. The topological polar surface area (TPSA) is 58.6 Å². The van der Waals surface area contributed by atoms with Gasteiger partial charge in [0.1, 0.15) is 11.5 Å². The Kier molecular flexibility index (Phi) is 6.34. The zero-order valence-corrected chi connectivity index (χ0v) is 16.4. The molecule has 3 rings (SSSR count). The van der Waals surface area contributed by atoms with Gasteiger partial charge in [-0.25, -0.2) is 0 Å². The smallest absolute Gasteiger partial charge is 0.285 e. The van der Waals surface area contributed by atoms with Crippen molar-refractivity contribution < 1.29 is 14.3 Å². The highest BCUT2D eigenvalue weighted by molar-refractivity contribution is 8.13. The molecular formula is C22H20N2O3S. The third kappa shape index (κ3) is 5.14. The first kappa shape index (κ1) is 19.5. The molecule has 0 bridgehead atoms. The van der Waals surface area contributed by atoms with Gasteiger partial charge in [0.05, 0.1) is 5.56 Å². The van der Waals surface area contributed by atoms with Crippen molar-refractivity contribution in [3.8, 4) is 11.5 Å². The third-order valence-corrected chi connectivity index (χ3v) is 4.83. The second-order valence-electron chi connectivity index (χ2n) is 6.15. The number of ether oxygens (including phenoxy) is 1. The summed E-state index contributed by atoms with van der Waals surface area (Å²) in [5, 5.41) is 2.81. The lowest BCUT2D eigenvalue weighted by molar-refractivity contribution is 0.102. The average molecular weight is 392 g/mol. The number of amides is 2. The first-order valence-electron chi connectivity index (χ1n) is 8.65. The van der Waals surface area contributed by atoms with E-state index in [2.05, 4.69) is 5.32 Å². The van der Waals surface area contributed by atoms with E-state index in [1.54, 1.807) is 56.6 Å². The van der Waals surface area contributed by atoms with Crippen molar-refractivity contribution in [2.24, 2.45) is 0 Å². The fourth-order valence-corrected chi connectivity index (χ4v) is 3.01. The summed E-state index contributed by atoms with van der Waals surface area (Å²) in [7, 11) is 3.41. The minimum Gasteiger partial charge on any atom is -0.457 e. The number of carbonyl (C=O) groups is 2. The molecule has 0 spiro atoms. The minimum absolute atomic E-state index is 0.0521. The van der Waals surface area contributed by atoms with Crippen LogP contribution in [0.3, 0.4) is 0 Å². The van der Waals surface area contributed by atoms with Crippen LogP contribution in [0.4, 0.5) is 10.5 Å². The van der Waals surface area contributed by atoms with Crippen molar-refractivity contribution in [1.29, 1.82) is 0 Å². The maximum absolute atomic E-state index is 12.7. The predicted molar refractivity (Wildman–Crippen MR) is 112 cm³/mol. The number of hydrogen-bond acceptors (Lipinski definition) is 4. The van der Waals surface area contributed by atoms with E-state index in [0.717, 1.165) is 16.7 Å². The van der Waals surface area contributed by atoms with Gasteiger partial charge in [0.25, 0.3) is 11.1 Å². The van der Waals surface area contributed by atoms with Gasteiger partial charge in [-0.15, -0.1) is 0 Å². The fourth-order valence-electron chi connectivity index (χ4n) is 2.36. The number of para-hydroxylation sites is 2. The Balaban J connectivity index is 1.70. The van der Waals surface area contributed by atoms with Crippen LogP contribution in [-0.4, -0.2) is 30.1 Å². The standard InChI is InChI=1S/C22H20N2O3S/c1-24(2)22(26)28-18-14-12-16(13-15-18)23-21(25)19-10-6-7-11-20(19)27-17-8-4-3-5-9-17/h3-15H,1-2H3,(H,23,25). The van der Waals surface area contributed by atoms with E-state index in [1.807, 2.05) is 36.4 Å². The van der Waals surface area contributed by atoms with Gasteiger partial charge in [-0.1, -0.05) is 30.3 Å². The molecule has 3 aromatic rings. The number of rotatable bonds is 5. The fraction of sp³-hybridized carbons (Fsp3) is 0.0909. The summed E-state index contributed by atoms with van der Waals surface area (Å²) < 4.78 is 5.85. The molecule has 5 nitrogen and oxygen atoms in total. The van der Waals surface area contributed by atoms with Gasteiger partial charge in [-0.3, -0.25) is 9.59 Å². The first-order chi connectivity index (χ1) is 13.5. The highest BCUT2D eigenvalue weighted by Gasteiger charge is 2.13. The molecule has 0 aliphatic rings. The van der Waals surface area contributed by atoms with Crippen molar-refractivity contribution in [3.05, 3.63) is 84.4 Å². The van der Waals surface area contributed by atoms with E-state index >= 15 is 0 Å². The minimum atomic E-state index is -0.267. The van der Waals surface area contributed by atoms with E-state index in [4.69, 9.17) is 4.74 Å². The Bertz CT molecular complexity index is 957. The molecule has 0 saturated carbocycles. The molecule has 0 aliphatic carbocycles. The SMILES string of the molecule is CN(C)C(=O)Sc1ccc(NC(=O)c2ccccc2Oc2ccccc2)cc1. The largest absolute Gasteiger partial charge is 0.457 e. The molecule has 0 unspecified atom stereocenters. The molecule has 0 aromatic heterocycles. The van der Waals surface area contributed by atoms with Crippen molar-refractivity contribution in [1.82, 2.24) is 4.90 Å². The van der Waals surface area contributed by atoms with Crippen LogP contribution < -0.4 is 10.1 Å². The zero-order chi connectivity index (χ0) is 19.9. The summed E-state index contributed by atoms with van der Waals surface area (Å²) in [5.74, 6) is 0.876. The van der Waals surface area contributed by atoms with Gasteiger partial charge < -0.3 is 15.0 Å². The summed E-state index contributed by atoms with van der Waals surface area (Å²) in [5.41, 5.74) is 1.08. The van der Waals surface area contributed by atoms with Crippen LogP contribution in [0.2, 0.25) is 0 Å². The van der Waals surface area contributed by atoms with Crippen molar-refractivity contribution in [2.45, 2.75) is 4.90 Å². The maximum atomic E-state index is 12.7. The number of anilines is 1. The third-order valence-electron chi connectivity index (χ3n) is 3.79. The molecule has 2 amide bonds. The Labute approximate surface area is 168 Å². The quantitative estimate of drug-likeness (QED) is 0.582. The van der Waals surface area contributed by atoms with E-state index in [1.165, 1.54) is 4.90 Å². The normalized spacial score (nSPS) is 10.2. The molecule has 1 N–H and O–H groups in total. The molecule has 0 saturated heterocycles. The van der Waals surface area contributed by atoms with Crippen LogP contribution in [0.1, 0.15) is 10.4 Å². The lowest BCUT2D eigenvalue weighted by Gasteiger charge is -2.12. The van der Waals surface area contributed by atoms with Crippen molar-refractivity contribution >= 4 is 28.6 Å². The molecule has 3 aromatic carbocycles. The van der Waals surface area contributed by atoms with Crippen LogP contribution in [-0.2, 0) is 0 Å². The average Bonchev–Trinajstić information content (AvgIpc) is 2.70. The van der Waals surface area contributed by atoms with E-state index in [0.29, 0.717) is 22.7 Å². The molecule has 0 atom stereocenters. The van der Waals surface area contributed by atoms with Crippen LogP contribution in [0.5, 0.6) is 11.5 Å². The number of carbonyl (C=O) groups excluding carboxylic acids is 2. The summed E-state index contributed by atoms with van der Waals surface area (Å²) in [6.45, 7) is 0. The summed E-state index contributed by atoms with van der Waals surface area (Å²) in [4.78, 5) is 26.8. The van der Waals surface area contributed by atoms with Crippen molar-refractivity contribution in [2.75, 3.05) is 19.4 Å². The summed E-state index contributed by atoms with van der Waals surface area (Å²) >= 11 is 1.13. The summed E-state index contributed by atoms with van der Waals surface area (Å²) in [6.07, 6.45) is 0. The Hall–Kier alpha value is -3.25. The highest BCUT2D eigenvalue weighted by Crippen LogP contribution is 2.27. The Morgan fingerprint density at radius 3 is 2.18 bits per heavy atom. The number of nitrogens with one attached hydrogen (secondary N) is 1. The van der Waals surface area contributed by atoms with Crippen LogP contribution in [0, 0.1) is 0 Å². The van der Waals surface area contributed by atoms with E-state index in [9.17, 15) is 9.59 Å². The van der Waals surface area contributed by atoms with Gasteiger partial charge in [0.15, 0.2) is 0 Å². The highest BCUT2D eigenvalue weighted by atomic mass is 32.2.